The maximum atomic E-state index is 12.4. The monoisotopic (exact) mass is 231 g/mol. The van der Waals surface area contributed by atoms with Crippen molar-refractivity contribution in [2.24, 2.45) is 0 Å². The molecule has 15 heavy (non-hydrogen) atoms. The van der Waals surface area contributed by atoms with Crippen LogP contribution < -0.4 is 5.32 Å². The summed E-state index contributed by atoms with van der Waals surface area (Å²) in [5.74, 6) is 0.797. The van der Waals surface area contributed by atoms with Gasteiger partial charge in [-0.1, -0.05) is 12.8 Å². The molecule has 0 bridgehead atoms. The molecule has 5 heteroatoms. The topological polar surface area (TPSA) is 37.8 Å². The number of rotatable bonds is 7. The first-order chi connectivity index (χ1) is 7.33. The lowest BCUT2D eigenvalue weighted by Crippen LogP contribution is -2.05. The summed E-state index contributed by atoms with van der Waals surface area (Å²) in [5.41, 5.74) is 0. The van der Waals surface area contributed by atoms with Crippen LogP contribution in [-0.4, -0.2) is 22.4 Å². The van der Waals surface area contributed by atoms with Crippen LogP contribution >= 0.6 is 11.6 Å². The first kappa shape index (κ1) is 12.2. The Morgan fingerprint density at radius 3 is 2.47 bits per heavy atom. The van der Waals surface area contributed by atoms with Gasteiger partial charge in [-0.05, 0) is 12.8 Å². The minimum Gasteiger partial charge on any atom is -0.354 e. The highest BCUT2D eigenvalue weighted by Crippen LogP contribution is 2.02. The van der Waals surface area contributed by atoms with Gasteiger partial charge in [0.15, 0.2) is 5.82 Å². The van der Waals surface area contributed by atoms with Gasteiger partial charge in [0.2, 0.25) is 5.95 Å². The Morgan fingerprint density at radius 2 is 1.80 bits per heavy atom. The predicted octanol–water partition coefficient (Wildman–Crippen LogP) is 2.83. The van der Waals surface area contributed by atoms with Gasteiger partial charge in [0.05, 0.1) is 12.4 Å². The summed E-state index contributed by atoms with van der Waals surface area (Å²) in [6.45, 7) is 0.813. The van der Waals surface area contributed by atoms with Crippen LogP contribution in [0.3, 0.4) is 0 Å². The SMILES string of the molecule is Fc1cnc(NCCCCCCCl)nc1. The van der Waals surface area contributed by atoms with Crippen molar-refractivity contribution in [1.29, 1.82) is 0 Å². The van der Waals surface area contributed by atoms with Crippen molar-refractivity contribution >= 4 is 17.5 Å². The van der Waals surface area contributed by atoms with E-state index in [2.05, 4.69) is 15.3 Å². The van der Waals surface area contributed by atoms with E-state index in [9.17, 15) is 4.39 Å². The Balaban J connectivity index is 2.07. The maximum absolute atomic E-state index is 12.4. The van der Waals surface area contributed by atoms with Crippen molar-refractivity contribution in [1.82, 2.24) is 9.97 Å². The van der Waals surface area contributed by atoms with E-state index in [4.69, 9.17) is 11.6 Å². The van der Waals surface area contributed by atoms with E-state index in [1.165, 1.54) is 0 Å². The van der Waals surface area contributed by atoms with Gasteiger partial charge in [0.25, 0.3) is 0 Å². The highest BCUT2D eigenvalue weighted by Gasteiger charge is 1.95. The quantitative estimate of drug-likeness (QED) is 0.579. The van der Waals surface area contributed by atoms with Gasteiger partial charge in [-0.3, -0.25) is 0 Å². The van der Waals surface area contributed by atoms with E-state index >= 15 is 0 Å². The molecule has 0 aliphatic carbocycles. The summed E-state index contributed by atoms with van der Waals surface area (Å²) >= 11 is 5.55. The average Bonchev–Trinajstić information content (AvgIpc) is 2.26. The van der Waals surface area contributed by atoms with Crippen LogP contribution in [0.5, 0.6) is 0 Å². The first-order valence-electron chi connectivity index (χ1n) is 5.10. The van der Waals surface area contributed by atoms with E-state index in [0.717, 1.165) is 50.5 Å². The summed E-state index contributed by atoms with van der Waals surface area (Å²) in [6.07, 6.45) is 6.72. The first-order valence-corrected chi connectivity index (χ1v) is 5.64. The fourth-order valence-corrected chi connectivity index (χ4v) is 1.37. The zero-order valence-corrected chi connectivity index (χ0v) is 9.30. The summed E-state index contributed by atoms with van der Waals surface area (Å²) in [6, 6.07) is 0. The molecule has 1 aromatic heterocycles. The van der Waals surface area contributed by atoms with Gasteiger partial charge in [0, 0.05) is 12.4 Å². The second-order valence-corrected chi connectivity index (χ2v) is 3.63. The van der Waals surface area contributed by atoms with E-state index < -0.39 is 5.82 Å². The lowest BCUT2D eigenvalue weighted by atomic mass is 10.2. The van der Waals surface area contributed by atoms with Crippen molar-refractivity contribution in [3.8, 4) is 0 Å². The van der Waals surface area contributed by atoms with Crippen LogP contribution in [0.1, 0.15) is 25.7 Å². The van der Waals surface area contributed by atoms with Crippen LogP contribution in [0.4, 0.5) is 10.3 Å². The zero-order chi connectivity index (χ0) is 10.9. The smallest absolute Gasteiger partial charge is 0.222 e. The highest BCUT2D eigenvalue weighted by molar-refractivity contribution is 6.17. The number of hydrogen-bond donors (Lipinski definition) is 1. The van der Waals surface area contributed by atoms with Crippen molar-refractivity contribution < 1.29 is 4.39 Å². The number of aromatic nitrogens is 2. The van der Waals surface area contributed by atoms with Gasteiger partial charge >= 0.3 is 0 Å². The molecule has 0 spiro atoms. The second-order valence-electron chi connectivity index (χ2n) is 3.25. The van der Waals surface area contributed by atoms with Crippen LogP contribution in [0.2, 0.25) is 0 Å². The van der Waals surface area contributed by atoms with Gasteiger partial charge in [0.1, 0.15) is 0 Å². The molecule has 0 unspecified atom stereocenters. The lowest BCUT2D eigenvalue weighted by Gasteiger charge is -2.03. The van der Waals surface area contributed by atoms with Crippen molar-refractivity contribution in [3.63, 3.8) is 0 Å². The molecule has 3 nitrogen and oxygen atoms in total. The number of nitrogens with zero attached hydrogens (tertiary/aromatic N) is 2. The number of unbranched alkanes of at least 4 members (excludes halogenated alkanes) is 3. The van der Waals surface area contributed by atoms with Crippen LogP contribution in [0, 0.1) is 5.82 Å². The highest BCUT2D eigenvalue weighted by atomic mass is 35.5. The largest absolute Gasteiger partial charge is 0.354 e. The second kappa shape index (κ2) is 7.40. The van der Waals surface area contributed by atoms with Gasteiger partial charge < -0.3 is 5.32 Å². The number of halogens is 2. The number of alkyl halides is 1. The van der Waals surface area contributed by atoms with Crippen LogP contribution in [0.15, 0.2) is 12.4 Å². The molecule has 0 atom stereocenters. The summed E-state index contributed by atoms with van der Waals surface area (Å²) in [7, 11) is 0. The van der Waals surface area contributed by atoms with Crippen LogP contribution in [-0.2, 0) is 0 Å². The summed E-state index contributed by atoms with van der Waals surface area (Å²) in [4.78, 5) is 7.59. The molecule has 0 fully saturated rings. The Kier molecular flexibility index (Phi) is 6.00. The molecule has 0 aliphatic heterocycles. The fraction of sp³-hybridized carbons (Fsp3) is 0.600. The predicted molar refractivity (Wildman–Crippen MR) is 59.7 cm³/mol. The molecule has 1 rings (SSSR count). The van der Waals surface area contributed by atoms with E-state index in [-0.39, 0.29) is 0 Å². The normalized spacial score (nSPS) is 10.3. The van der Waals surface area contributed by atoms with Crippen LogP contribution in [0.25, 0.3) is 0 Å². The minimum atomic E-state index is -0.414. The standard InChI is InChI=1S/C10H15ClFN3/c11-5-3-1-2-4-6-13-10-14-7-9(12)8-15-10/h7-8H,1-6H2,(H,13,14,15). The Hall–Kier alpha value is -0.900. The Bertz CT molecular complexity index is 266. The number of nitrogens with one attached hydrogen (secondary N) is 1. The minimum absolute atomic E-state index is 0.414. The van der Waals surface area contributed by atoms with E-state index in [0.29, 0.717) is 5.95 Å². The molecule has 1 heterocycles. The molecule has 0 saturated heterocycles. The summed E-state index contributed by atoms with van der Waals surface area (Å²) in [5, 5.41) is 3.03. The van der Waals surface area contributed by atoms with Gasteiger partial charge in [-0.15, -0.1) is 11.6 Å². The Morgan fingerprint density at radius 1 is 1.13 bits per heavy atom. The number of hydrogen-bond acceptors (Lipinski definition) is 3. The van der Waals surface area contributed by atoms with Crippen molar-refractivity contribution in [3.05, 3.63) is 18.2 Å². The number of anilines is 1. The molecule has 1 N–H and O–H groups in total. The molecule has 0 aromatic carbocycles. The molecular formula is C10H15ClFN3. The average molecular weight is 232 g/mol. The maximum Gasteiger partial charge on any atom is 0.222 e. The van der Waals surface area contributed by atoms with E-state index in [1.54, 1.807) is 0 Å². The fourth-order valence-electron chi connectivity index (χ4n) is 1.18. The molecule has 0 amide bonds. The van der Waals surface area contributed by atoms with Crippen molar-refractivity contribution in [2.45, 2.75) is 25.7 Å². The molecule has 1 aromatic rings. The Labute approximate surface area is 94.1 Å². The lowest BCUT2D eigenvalue weighted by molar-refractivity contribution is 0.613. The molecule has 0 radical (unpaired) electrons. The molecular weight excluding hydrogens is 217 g/mol. The molecule has 84 valence electrons. The molecule has 0 saturated carbocycles. The molecule has 0 aliphatic rings. The van der Waals surface area contributed by atoms with Crippen molar-refractivity contribution in [2.75, 3.05) is 17.7 Å². The summed E-state index contributed by atoms with van der Waals surface area (Å²) < 4.78 is 12.4. The zero-order valence-electron chi connectivity index (χ0n) is 8.55. The third kappa shape index (κ3) is 5.52. The third-order valence-electron chi connectivity index (χ3n) is 1.96. The van der Waals surface area contributed by atoms with E-state index in [1.807, 2.05) is 0 Å². The van der Waals surface area contributed by atoms with Gasteiger partial charge in [-0.2, -0.15) is 0 Å². The van der Waals surface area contributed by atoms with Gasteiger partial charge in [-0.25, -0.2) is 14.4 Å². The third-order valence-corrected chi connectivity index (χ3v) is 2.23.